The number of ether oxygens (including phenoxy) is 2. The predicted molar refractivity (Wildman–Crippen MR) is 146 cm³/mol. The number of aliphatic hydroxyl groups excluding tert-OH is 3. The van der Waals surface area contributed by atoms with E-state index in [-0.39, 0.29) is 29.6 Å². The zero-order chi connectivity index (χ0) is 27.1. The summed E-state index contributed by atoms with van der Waals surface area (Å²) in [5, 5.41) is 34.3. The number of hydrogen-bond donors (Lipinski definition) is 3. The summed E-state index contributed by atoms with van der Waals surface area (Å²) in [6, 6.07) is 0. The molecule has 214 valence electrons. The fraction of sp³-hybridized carbons (Fsp3) is 1.00. The van der Waals surface area contributed by atoms with Crippen LogP contribution in [0.3, 0.4) is 0 Å². The molecule has 4 aliphatic carbocycles. The third-order valence-corrected chi connectivity index (χ3v) is 13.0. The molecule has 5 fully saturated rings. The van der Waals surface area contributed by atoms with E-state index in [0.717, 1.165) is 25.7 Å². The molecule has 0 amide bonds. The summed E-state index contributed by atoms with van der Waals surface area (Å²) in [6.07, 6.45) is 6.85. The van der Waals surface area contributed by atoms with E-state index < -0.39 is 17.8 Å². The van der Waals surface area contributed by atoms with Crippen LogP contribution in [0.15, 0.2) is 0 Å². The van der Waals surface area contributed by atoms with Gasteiger partial charge >= 0.3 is 0 Å². The topological polar surface area (TPSA) is 79.2 Å². The lowest BCUT2D eigenvalue weighted by molar-refractivity contribution is -0.229. The molecule has 0 aromatic heterocycles. The van der Waals surface area contributed by atoms with Crippen molar-refractivity contribution >= 4 is 0 Å². The fourth-order valence-electron chi connectivity index (χ4n) is 11.0. The van der Waals surface area contributed by atoms with Gasteiger partial charge in [0.25, 0.3) is 0 Å². The van der Waals surface area contributed by atoms with Crippen LogP contribution in [0.1, 0.15) is 107 Å². The second kappa shape index (κ2) is 9.43. The Bertz CT molecular complexity index is 841. The lowest BCUT2D eigenvalue weighted by atomic mass is 9.50. The van der Waals surface area contributed by atoms with E-state index in [2.05, 4.69) is 34.6 Å². The molecule has 5 rings (SSSR count). The molecule has 2 spiro atoms. The molecule has 4 saturated carbocycles. The van der Waals surface area contributed by atoms with E-state index in [4.69, 9.17) is 9.47 Å². The van der Waals surface area contributed by atoms with Crippen molar-refractivity contribution in [3.8, 4) is 0 Å². The first-order chi connectivity index (χ1) is 17.2. The Hall–Kier alpha value is -0.200. The van der Waals surface area contributed by atoms with Gasteiger partial charge in [-0.05, 0) is 124 Å². The van der Waals surface area contributed by atoms with Crippen molar-refractivity contribution in [1.29, 1.82) is 0 Å². The summed E-state index contributed by atoms with van der Waals surface area (Å²) in [6.45, 7) is 18.0. The van der Waals surface area contributed by atoms with E-state index in [9.17, 15) is 15.3 Å². The minimum absolute atomic E-state index is 0.0268. The molecule has 13 unspecified atom stereocenters. The van der Waals surface area contributed by atoms with Crippen LogP contribution < -0.4 is 0 Å². The van der Waals surface area contributed by atoms with E-state index in [1.54, 1.807) is 0 Å². The average molecular weight is 521 g/mol. The normalized spacial score (nSPS) is 52.3. The van der Waals surface area contributed by atoms with Gasteiger partial charge in [0.1, 0.15) is 6.10 Å². The number of hydrogen-bond acceptors (Lipinski definition) is 5. The molecule has 0 aromatic rings. The fourth-order valence-corrected chi connectivity index (χ4v) is 11.0. The summed E-state index contributed by atoms with van der Waals surface area (Å²) < 4.78 is 12.7. The maximum absolute atomic E-state index is 12.1. The highest BCUT2D eigenvalue weighted by Gasteiger charge is 2.77. The van der Waals surface area contributed by atoms with E-state index in [1.165, 1.54) is 25.7 Å². The highest BCUT2D eigenvalue weighted by atomic mass is 16.5. The van der Waals surface area contributed by atoms with E-state index >= 15 is 0 Å². The van der Waals surface area contributed by atoms with Crippen molar-refractivity contribution in [3.63, 3.8) is 0 Å². The van der Waals surface area contributed by atoms with Gasteiger partial charge in [0.05, 0.1) is 30.0 Å². The molecule has 1 aliphatic heterocycles. The quantitative estimate of drug-likeness (QED) is 0.451. The molecule has 5 nitrogen and oxygen atoms in total. The third kappa shape index (κ3) is 4.11. The van der Waals surface area contributed by atoms with E-state index in [1.807, 2.05) is 20.8 Å². The van der Waals surface area contributed by atoms with Crippen LogP contribution in [-0.2, 0) is 9.47 Å². The number of rotatable bonds is 4. The van der Waals surface area contributed by atoms with Gasteiger partial charge < -0.3 is 24.8 Å². The molecule has 5 heteroatoms. The van der Waals surface area contributed by atoms with Crippen molar-refractivity contribution in [1.82, 2.24) is 0 Å². The van der Waals surface area contributed by atoms with Gasteiger partial charge in [0, 0.05) is 6.61 Å². The monoisotopic (exact) mass is 520 g/mol. The van der Waals surface area contributed by atoms with Crippen LogP contribution in [-0.4, -0.2) is 58.0 Å². The summed E-state index contributed by atoms with van der Waals surface area (Å²) in [7, 11) is 0. The van der Waals surface area contributed by atoms with Crippen LogP contribution in [0.25, 0.3) is 0 Å². The van der Waals surface area contributed by atoms with Crippen LogP contribution in [0.4, 0.5) is 0 Å². The van der Waals surface area contributed by atoms with Crippen LogP contribution in [0.2, 0.25) is 0 Å². The molecule has 1 saturated heterocycles. The van der Waals surface area contributed by atoms with Crippen LogP contribution in [0.5, 0.6) is 0 Å². The summed E-state index contributed by atoms with van der Waals surface area (Å²) in [5.41, 5.74) is -0.0715. The van der Waals surface area contributed by atoms with Crippen LogP contribution >= 0.6 is 0 Å². The van der Waals surface area contributed by atoms with Crippen molar-refractivity contribution in [2.24, 2.45) is 51.8 Å². The van der Waals surface area contributed by atoms with Crippen molar-refractivity contribution in [3.05, 3.63) is 0 Å². The molecule has 13 atom stereocenters. The lowest BCUT2D eigenvalue weighted by Gasteiger charge is -2.55. The second-order valence-electron chi connectivity index (χ2n) is 15.4. The Balaban J connectivity index is 1.44. The third-order valence-electron chi connectivity index (χ3n) is 13.0. The van der Waals surface area contributed by atoms with Crippen molar-refractivity contribution < 1.29 is 24.8 Å². The first-order valence-electron chi connectivity index (χ1n) is 15.6. The van der Waals surface area contributed by atoms with E-state index in [0.29, 0.717) is 47.0 Å². The van der Waals surface area contributed by atoms with Gasteiger partial charge in [-0.1, -0.05) is 34.6 Å². The van der Waals surface area contributed by atoms with Gasteiger partial charge in [0.2, 0.25) is 0 Å². The molecular formula is C32H56O5. The number of fused-ring (bicyclic) bond motifs is 1. The smallest absolute Gasteiger partial charge is 0.108 e. The standard InChI is InChI=1S/C32H56O5/c1-9-36-30(7,8)28(35)22-16-19(3)25-18(2)12-14-31-17-32(31)15-13-24(33)29(5,6)23(32)11-10-21(31)20(4)26(34)27(25)37-22/h18-28,33-35H,9-17H2,1-8H3. The molecule has 37 heavy (non-hydrogen) atoms. The van der Waals surface area contributed by atoms with Gasteiger partial charge in [-0.3, -0.25) is 0 Å². The molecule has 0 bridgehead atoms. The van der Waals surface area contributed by atoms with Gasteiger partial charge in [-0.2, -0.15) is 0 Å². The minimum Gasteiger partial charge on any atom is -0.393 e. The maximum Gasteiger partial charge on any atom is 0.108 e. The zero-order valence-corrected chi connectivity index (χ0v) is 24.9. The zero-order valence-electron chi connectivity index (χ0n) is 24.9. The Kier molecular flexibility index (Phi) is 7.22. The Morgan fingerprint density at radius 3 is 2.32 bits per heavy atom. The minimum atomic E-state index is -0.731. The predicted octanol–water partition coefficient (Wildman–Crippen LogP) is 5.58. The SMILES string of the molecule is CCOC(C)(C)C(O)C1CC(C)C2C(C)CCC34CC35CCC(O)C(C)(C)C5CCC4C(C)C(O)C2O1. The lowest BCUT2D eigenvalue weighted by Crippen LogP contribution is -2.57. The molecule has 0 radical (unpaired) electrons. The Morgan fingerprint density at radius 2 is 1.65 bits per heavy atom. The first-order valence-corrected chi connectivity index (χ1v) is 15.6. The van der Waals surface area contributed by atoms with Gasteiger partial charge in [0.15, 0.2) is 0 Å². The summed E-state index contributed by atoms with van der Waals surface area (Å²) in [4.78, 5) is 0. The Morgan fingerprint density at radius 1 is 0.973 bits per heavy atom. The number of aliphatic hydroxyl groups is 3. The first kappa shape index (κ1) is 28.3. The van der Waals surface area contributed by atoms with Crippen LogP contribution in [0, 0.1) is 51.8 Å². The molecular weight excluding hydrogens is 464 g/mol. The largest absolute Gasteiger partial charge is 0.393 e. The molecule has 1 heterocycles. The maximum atomic E-state index is 12.1. The summed E-state index contributed by atoms with van der Waals surface area (Å²) in [5.74, 6) is 2.38. The molecule has 3 N–H and O–H groups in total. The second-order valence-corrected chi connectivity index (χ2v) is 15.4. The Labute approximate surface area is 226 Å². The van der Waals surface area contributed by atoms with Crippen molar-refractivity contribution in [2.45, 2.75) is 143 Å². The molecule has 5 aliphatic rings. The summed E-state index contributed by atoms with van der Waals surface area (Å²) >= 11 is 0. The van der Waals surface area contributed by atoms with Gasteiger partial charge in [-0.15, -0.1) is 0 Å². The molecule has 0 aromatic carbocycles. The average Bonchev–Trinajstić information content (AvgIpc) is 3.51. The van der Waals surface area contributed by atoms with Crippen molar-refractivity contribution in [2.75, 3.05) is 6.61 Å². The highest BCUT2D eigenvalue weighted by molar-refractivity contribution is 5.26. The van der Waals surface area contributed by atoms with Gasteiger partial charge in [-0.25, -0.2) is 0 Å². The highest BCUT2D eigenvalue weighted by Crippen LogP contribution is 2.84.